The summed E-state index contributed by atoms with van der Waals surface area (Å²) in [6.07, 6.45) is 1.78. The van der Waals surface area contributed by atoms with Gasteiger partial charge in [0.05, 0.1) is 42.1 Å². The lowest BCUT2D eigenvalue weighted by Crippen LogP contribution is -2.46. The summed E-state index contributed by atoms with van der Waals surface area (Å²) < 4.78 is 18.8. The van der Waals surface area contributed by atoms with Crippen LogP contribution in [0.15, 0.2) is 30.5 Å². The summed E-state index contributed by atoms with van der Waals surface area (Å²) >= 11 is 6.07. The summed E-state index contributed by atoms with van der Waals surface area (Å²) in [5.41, 5.74) is 1.34. The normalized spacial score (nSPS) is 19.6. The Balaban J connectivity index is 1.56. The van der Waals surface area contributed by atoms with E-state index in [0.29, 0.717) is 31.3 Å². The van der Waals surface area contributed by atoms with E-state index in [-0.39, 0.29) is 17.6 Å². The summed E-state index contributed by atoms with van der Waals surface area (Å²) in [5, 5.41) is 7.82. The molecule has 2 heterocycles. The number of nitrogens with one attached hydrogen (secondary N) is 1. The lowest BCUT2D eigenvalue weighted by atomic mass is 9.99. The Bertz CT molecular complexity index is 810. The van der Waals surface area contributed by atoms with E-state index in [0.717, 1.165) is 17.1 Å². The van der Waals surface area contributed by atoms with Gasteiger partial charge in [0.2, 0.25) is 0 Å². The molecule has 0 saturated carbocycles. The molecule has 1 amide bonds. The molecule has 1 aromatic heterocycles. The first-order valence-corrected chi connectivity index (χ1v) is 10.1. The standard InChI is InChI=1S/C21H28ClN3O4/c1-14-18(22)11-25(24-14)16-5-7-17(8-6-16)28-13-15-12-27-10-9-19(15)29-20(26)23-21(2,3)4/h5-8,11,15,19H,9-10,12-13H2,1-4H3,(H,23,26). The third kappa shape index (κ3) is 6.11. The predicted molar refractivity (Wildman–Crippen MR) is 111 cm³/mol. The van der Waals surface area contributed by atoms with Crippen LogP contribution in [0, 0.1) is 12.8 Å². The van der Waals surface area contributed by atoms with Crippen LogP contribution in [-0.4, -0.2) is 47.3 Å². The van der Waals surface area contributed by atoms with E-state index < -0.39 is 6.09 Å². The fourth-order valence-corrected chi connectivity index (χ4v) is 3.16. The van der Waals surface area contributed by atoms with Crippen LogP contribution in [0.4, 0.5) is 4.79 Å². The second kappa shape index (κ2) is 9.05. The van der Waals surface area contributed by atoms with E-state index in [1.807, 2.05) is 52.0 Å². The summed E-state index contributed by atoms with van der Waals surface area (Å²) in [6.45, 7) is 9.09. The minimum atomic E-state index is -0.410. The van der Waals surface area contributed by atoms with Gasteiger partial charge in [-0.1, -0.05) is 11.6 Å². The number of hydrogen-bond acceptors (Lipinski definition) is 5. The fourth-order valence-electron chi connectivity index (χ4n) is 3.03. The molecule has 7 nitrogen and oxygen atoms in total. The zero-order valence-electron chi connectivity index (χ0n) is 17.3. The van der Waals surface area contributed by atoms with Gasteiger partial charge >= 0.3 is 6.09 Å². The number of halogens is 1. The molecule has 0 aliphatic carbocycles. The maximum atomic E-state index is 12.1. The number of nitrogens with zero attached hydrogens (tertiary/aromatic N) is 2. The number of hydrogen-bond donors (Lipinski definition) is 1. The molecule has 1 aliphatic rings. The Hall–Kier alpha value is -2.25. The van der Waals surface area contributed by atoms with E-state index in [4.69, 9.17) is 25.8 Å². The molecule has 2 aromatic rings. The van der Waals surface area contributed by atoms with Crippen molar-refractivity contribution in [3.8, 4) is 11.4 Å². The summed E-state index contributed by atoms with van der Waals surface area (Å²) in [4.78, 5) is 12.1. The highest BCUT2D eigenvalue weighted by molar-refractivity contribution is 6.31. The zero-order chi connectivity index (χ0) is 21.0. The van der Waals surface area contributed by atoms with E-state index in [1.165, 1.54) is 0 Å². The van der Waals surface area contributed by atoms with E-state index in [9.17, 15) is 4.79 Å². The third-order valence-electron chi connectivity index (χ3n) is 4.54. The van der Waals surface area contributed by atoms with Gasteiger partial charge in [-0.3, -0.25) is 0 Å². The first kappa shape index (κ1) is 21.5. The minimum absolute atomic E-state index is 0.0262. The fraction of sp³-hybridized carbons (Fsp3) is 0.524. The van der Waals surface area contributed by atoms with Crippen molar-refractivity contribution < 1.29 is 19.0 Å². The van der Waals surface area contributed by atoms with Crippen LogP contribution >= 0.6 is 11.6 Å². The van der Waals surface area contributed by atoms with Gasteiger partial charge < -0.3 is 19.5 Å². The number of alkyl carbamates (subject to hydrolysis) is 1. The molecule has 1 fully saturated rings. The first-order chi connectivity index (χ1) is 13.7. The summed E-state index contributed by atoms with van der Waals surface area (Å²) in [5.74, 6) is 0.703. The number of benzene rings is 1. The van der Waals surface area contributed by atoms with E-state index in [1.54, 1.807) is 10.9 Å². The van der Waals surface area contributed by atoms with Gasteiger partial charge in [0.15, 0.2) is 0 Å². The van der Waals surface area contributed by atoms with Crippen molar-refractivity contribution >= 4 is 17.7 Å². The second-order valence-corrected chi connectivity index (χ2v) is 8.66. The highest BCUT2D eigenvalue weighted by atomic mass is 35.5. The van der Waals surface area contributed by atoms with Crippen LogP contribution in [-0.2, 0) is 9.47 Å². The topological polar surface area (TPSA) is 74.6 Å². The molecule has 1 aromatic carbocycles. The van der Waals surface area contributed by atoms with Crippen molar-refractivity contribution in [1.82, 2.24) is 15.1 Å². The molecule has 3 rings (SSSR count). The highest BCUT2D eigenvalue weighted by Gasteiger charge is 2.30. The smallest absolute Gasteiger partial charge is 0.407 e. The van der Waals surface area contributed by atoms with Crippen LogP contribution in [0.2, 0.25) is 5.02 Å². The second-order valence-electron chi connectivity index (χ2n) is 8.25. The van der Waals surface area contributed by atoms with Crippen LogP contribution in [0.1, 0.15) is 32.9 Å². The van der Waals surface area contributed by atoms with Crippen LogP contribution in [0.3, 0.4) is 0 Å². The molecule has 1 N–H and O–H groups in total. The van der Waals surface area contributed by atoms with Crippen molar-refractivity contribution in [3.05, 3.63) is 41.2 Å². The van der Waals surface area contributed by atoms with Gasteiger partial charge in [-0.05, 0) is 52.0 Å². The largest absolute Gasteiger partial charge is 0.493 e. The molecule has 0 spiro atoms. The summed E-state index contributed by atoms with van der Waals surface area (Å²) in [6, 6.07) is 7.60. The van der Waals surface area contributed by atoms with Crippen molar-refractivity contribution in [2.75, 3.05) is 19.8 Å². The molecular formula is C21H28ClN3O4. The van der Waals surface area contributed by atoms with Crippen molar-refractivity contribution in [1.29, 1.82) is 0 Å². The molecule has 8 heteroatoms. The number of aromatic nitrogens is 2. The molecule has 1 aliphatic heterocycles. The monoisotopic (exact) mass is 421 g/mol. The zero-order valence-corrected chi connectivity index (χ0v) is 18.0. The first-order valence-electron chi connectivity index (χ1n) is 9.73. The molecule has 0 bridgehead atoms. The molecule has 2 atom stereocenters. The maximum absolute atomic E-state index is 12.1. The van der Waals surface area contributed by atoms with Crippen LogP contribution in [0.5, 0.6) is 5.75 Å². The molecule has 29 heavy (non-hydrogen) atoms. The molecule has 1 saturated heterocycles. The van der Waals surface area contributed by atoms with Gasteiger partial charge in [0.1, 0.15) is 11.9 Å². The number of carbonyl (C=O) groups is 1. The average molecular weight is 422 g/mol. The summed E-state index contributed by atoms with van der Waals surface area (Å²) in [7, 11) is 0. The molecular weight excluding hydrogens is 394 g/mol. The predicted octanol–water partition coefficient (Wildman–Crippen LogP) is 4.14. The van der Waals surface area contributed by atoms with Crippen molar-refractivity contribution in [2.24, 2.45) is 5.92 Å². The molecule has 2 unspecified atom stereocenters. The maximum Gasteiger partial charge on any atom is 0.407 e. The molecule has 158 valence electrons. The SMILES string of the molecule is Cc1nn(-c2ccc(OCC3COCCC3OC(=O)NC(C)(C)C)cc2)cc1Cl. The average Bonchev–Trinajstić information content (AvgIpc) is 2.98. The molecule has 0 radical (unpaired) electrons. The Morgan fingerprint density at radius 1 is 1.34 bits per heavy atom. The number of amides is 1. The Morgan fingerprint density at radius 3 is 2.69 bits per heavy atom. The highest BCUT2D eigenvalue weighted by Crippen LogP contribution is 2.22. The third-order valence-corrected chi connectivity index (χ3v) is 4.92. The van der Waals surface area contributed by atoms with Gasteiger partial charge in [-0.15, -0.1) is 0 Å². The number of ether oxygens (including phenoxy) is 3. The number of aryl methyl sites for hydroxylation is 1. The van der Waals surface area contributed by atoms with Gasteiger partial charge in [0, 0.05) is 18.2 Å². The van der Waals surface area contributed by atoms with Gasteiger partial charge in [0.25, 0.3) is 0 Å². The van der Waals surface area contributed by atoms with Crippen LogP contribution in [0.25, 0.3) is 5.69 Å². The lowest BCUT2D eigenvalue weighted by molar-refractivity contribution is -0.0569. The Morgan fingerprint density at radius 2 is 2.07 bits per heavy atom. The quantitative estimate of drug-likeness (QED) is 0.785. The van der Waals surface area contributed by atoms with Crippen molar-refractivity contribution in [2.45, 2.75) is 45.8 Å². The lowest BCUT2D eigenvalue weighted by Gasteiger charge is -2.32. The number of carbonyl (C=O) groups excluding carboxylic acids is 1. The number of rotatable bonds is 5. The Labute approximate surface area is 176 Å². The van der Waals surface area contributed by atoms with Crippen molar-refractivity contribution in [3.63, 3.8) is 0 Å². The Kier molecular flexibility index (Phi) is 6.70. The van der Waals surface area contributed by atoms with E-state index in [2.05, 4.69) is 10.4 Å². The van der Waals surface area contributed by atoms with Gasteiger partial charge in [-0.25, -0.2) is 9.48 Å². The van der Waals surface area contributed by atoms with Gasteiger partial charge in [-0.2, -0.15) is 5.10 Å². The van der Waals surface area contributed by atoms with E-state index >= 15 is 0 Å². The minimum Gasteiger partial charge on any atom is -0.493 e. The van der Waals surface area contributed by atoms with Crippen LogP contribution < -0.4 is 10.1 Å².